The Bertz CT molecular complexity index is 416. The fraction of sp³-hybridized carbons (Fsp3) is 0.538. The second-order valence-corrected chi connectivity index (χ2v) is 5.69. The van der Waals surface area contributed by atoms with Crippen molar-refractivity contribution in [1.82, 2.24) is 5.32 Å². The molecule has 18 heavy (non-hydrogen) atoms. The molecule has 0 aliphatic heterocycles. The van der Waals surface area contributed by atoms with Crippen molar-refractivity contribution in [3.8, 4) is 0 Å². The number of carbonyl (C=O) groups is 2. The number of hydrogen-bond acceptors (Lipinski definition) is 3. The maximum Gasteiger partial charge on any atom is 0.308 e. The predicted molar refractivity (Wildman–Crippen MR) is 69.5 cm³/mol. The Labute approximate surface area is 110 Å². The SMILES string of the molecule is O=C(Cc1cccs1)N[C@H]1CCCC[C@@H]1C(=O)O. The van der Waals surface area contributed by atoms with Gasteiger partial charge in [0, 0.05) is 10.9 Å². The van der Waals surface area contributed by atoms with Gasteiger partial charge in [-0.2, -0.15) is 0 Å². The molecule has 0 aromatic carbocycles. The van der Waals surface area contributed by atoms with Crippen molar-refractivity contribution in [3.05, 3.63) is 22.4 Å². The molecule has 1 aliphatic carbocycles. The van der Waals surface area contributed by atoms with E-state index in [1.54, 1.807) is 11.3 Å². The Balaban J connectivity index is 1.90. The molecule has 5 heteroatoms. The highest BCUT2D eigenvalue weighted by Gasteiger charge is 2.31. The lowest BCUT2D eigenvalue weighted by molar-refractivity contribution is -0.144. The first-order valence-electron chi connectivity index (χ1n) is 6.21. The molecule has 1 fully saturated rings. The Morgan fingerprint density at radius 3 is 2.83 bits per heavy atom. The van der Waals surface area contributed by atoms with E-state index in [-0.39, 0.29) is 11.9 Å². The van der Waals surface area contributed by atoms with E-state index >= 15 is 0 Å². The summed E-state index contributed by atoms with van der Waals surface area (Å²) in [6, 6.07) is 3.62. The van der Waals surface area contributed by atoms with Crippen LogP contribution in [0, 0.1) is 5.92 Å². The average molecular weight is 267 g/mol. The molecule has 1 aromatic heterocycles. The summed E-state index contributed by atoms with van der Waals surface area (Å²) in [6.45, 7) is 0. The number of rotatable bonds is 4. The van der Waals surface area contributed by atoms with E-state index in [9.17, 15) is 9.59 Å². The summed E-state index contributed by atoms with van der Waals surface area (Å²) >= 11 is 1.54. The number of carbonyl (C=O) groups excluding carboxylic acids is 1. The monoisotopic (exact) mass is 267 g/mol. The van der Waals surface area contributed by atoms with E-state index in [4.69, 9.17) is 5.11 Å². The fourth-order valence-corrected chi connectivity index (χ4v) is 3.13. The van der Waals surface area contributed by atoms with Gasteiger partial charge in [-0.25, -0.2) is 0 Å². The minimum Gasteiger partial charge on any atom is -0.481 e. The number of amides is 1. The molecule has 0 unspecified atom stereocenters. The zero-order valence-corrected chi connectivity index (χ0v) is 10.9. The third-order valence-corrected chi connectivity index (χ3v) is 4.22. The molecule has 0 saturated heterocycles. The van der Waals surface area contributed by atoms with Crippen LogP contribution in [-0.2, 0) is 16.0 Å². The molecule has 1 aromatic rings. The van der Waals surface area contributed by atoms with Crippen molar-refractivity contribution in [2.75, 3.05) is 0 Å². The molecule has 2 rings (SSSR count). The molecule has 0 bridgehead atoms. The lowest BCUT2D eigenvalue weighted by Gasteiger charge is -2.29. The van der Waals surface area contributed by atoms with E-state index in [2.05, 4.69) is 5.32 Å². The van der Waals surface area contributed by atoms with Crippen LogP contribution in [0.5, 0.6) is 0 Å². The highest BCUT2D eigenvalue weighted by molar-refractivity contribution is 7.10. The van der Waals surface area contributed by atoms with Gasteiger partial charge in [-0.3, -0.25) is 9.59 Å². The average Bonchev–Trinajstić information content (AvgIpc) is 2.82. The van der Waals surface area contributed by atoms with Crippen LogP contribution in [0.4, 0.5) is 0 Å². The summed E-state index contributed by atoms with van der Waals surface area (Å²) < 4.78 is 0. The third kappa shape index (κ3) is 3.32. The number of carboxylic acids is 1. The fourth-order valence-electron chi connectivity index (χ4n) is 2.43. The number of hydrogen-bond donors (Lipinski definition) is 2. The van der Waals surface area contributed by atoms with Crippen LogP contribution in [-0.4, -0.2) is 23.0 Å². The minimum atomic E-state index is -0.795. The Hall–Kier alpha value is -1.36. The molecule has 1 heterocycles. The van der Waals surface area contributed by atoms with Gasteiger partial charge < -0.3 is 10.4 Å². The third-order valence-electron chi connectivity index (χ3n) is 3.34. The highest BCUT2D eigenvalue weighted by Crippen LogP contribution is 2.24. The molecule has 2 N–H and O–H groups in total. The predicted octanol–water partition coefficient (Wildman–Crippen LogP) is 2.05. The van der Waals surface area contributed by atoms with Gasteiger partial charge in [0.2, 0.25) is 5.91 Å². The van der Waals surface area contributed by atoms with Crippen LogP contribution in [0.1, 0.15) is 30.6 Å². The summed E-state index contributed by atoms with van der Waals surface area (Å²) in [4.78, 5) is 24.0. The van der Waals surface area contributed by atoms with Crippen LogP contribution in [0.3, 0.4) is 0 Å². The molecule has 0 radical (unpaired) electrons. The molecule has 1 amide bonds. The van der Waals surface area contributed by atoms with Crippen molar-refractivity contribution in [2.45, 2.75) is 38.1 Å². The normalized spacial score (nSPS) is 23.6. The van der Waals surface area contributed by atoms with Crippen molar-refractivity contribution in [1.29, 1.82) is 0 Å². The molecule has 0 spiro atoms. The van der Waals surface area contributed by atoms with E-state index < -0.39 is 11.9 Å². The molecule has 98 valence electrons. The van der Waals surface area contributed by atoms with E-state index in [1.807, 2.05) is 17.5 Å². The smallest absolute Gasteiger partial charge is 0.308 e. The van der Waals surface area contributed by atoms with Crippen LogP contribution < -0.4 is 5.32 Å². The summed E-state index contributed by atoms with van der Waals surface area (Å²) in [6.07, 6.45) is 3.72. The maximum atomic E-state index is 11.8. The van der Waals surface area contributed by atoms with Gasteiger partial charge in [0.05, 0.1) is 12.3 Å². The molecule has 1 saturated carbocycles. The molecule has 1 aliphatic rings. The van der Waals surface area contributed by atoms with Gasteiger partial charge in [0.25, 0.3) is 0 Å². The molecule has 2 atom stereocenters. The zero-order valence-electron chi connectivity index (χ0n) is 10.1. The second kappa shape index (κ2) is 6.00. The van der Waals surface area contributed by atoms with Crippen molar-refractivity contribution < 1.29 is 14.7 Å². The van der Waals surface area contributed by atoms with Crippen molar-refractivity contribution >= 4 is 23.2 Å². The van der Waals surface area contributed by atoms with Crippen LogP contribution in [0.15, 0.2) is 17.5 Å². The number of carboxylic acid groups (broad SMARTS) is 1. The summed E-state index contributed by atoms with van der Waals surface area (Å²) in [7, 11) is 0. The number of thiophene rings is 1. The first-order chi connectivity index (χ1) is 8.66. The zero-order chi connectivity index (χ0) is 13.0. The lowest BCUT2D eigenvalue weighted by atomic mass is 9.84. The largest absolute Gasteiger partial charge is 0.481 e. The Morgan fingerprint density at radius 1 is 1.39 bits per heavy atom. The van der Waals surface area contributed by atoms with Crippen LogP contribution in [0.25, 0.3) is 0 Å². The topological polar surface area (TPSA) is 66.4 Å². The second-order valence-electron chi connectivity index (χ2n) is 4.66. The van der Waals surface area contributed by atoms with Gasteiger partial charge in [-0.15, -0.1) is 11.3 Å². The van der Waals surface area contributed by atoms with Crippen LogP contribution in [0.2, 0.25) is 0 Å². The van der Waals surface area contributed by atoms with Gasteiger partial charge in [0.1, 0.15) is 0 Å². The van der Waals surface area contributed by atoms with E-state index in [1.165, 1.54) is 0 Å². The van der Waals surface area contributed by atoms with E-state index in [0.29, 0.717) is 12.8 Å². The quantitative estimate of drug-likeness (QED) is 0.877. The van der Waals surface area contributed by atoms with Crippen molar-refractivity contribution in [3.63, 3.8) is 0 Å². The molecule has 4 nitrogen and oxygen atoms in total. The minimum absolute atomic E-state index is 0.0735. The first kappa shape index (κ1) is 13.1. The summed E-state index contributed by atoms with van der Waals surface area (Å²) in [5.41, 5.74) is 0. The van der Waals surface area contributed by atoms with Crippen LogP contribution >= 0.6 is 11.3 Å². The lowest BCUT2D eigenvalue weighted by Crippen LogP contribution is -2.45. The summed E-state index contributed by atoms with van der Waals surface area (Å²) in [5.74, 6) is -1.29. The maximum absolute atomic E-state index is 11.8. The molecular weight excluding hydrogens is 250 g/mol. The number of aliphatic carboxylic acids is 1. The highest BCUT2D eigenvalue weighted by atomic mass is 32.1. The number of nitrogens with one attached hydrogen (secondary N) is 1. The van der Waals surface area contributed by atoms with Gasteiger partial charge in [-0.05, 0) is 24.3 Å². The van der Waals surface area contributed by atoms with Gasteiger partial charge >= 0.3 is 5.97 Å². The summed E-state index contributed by atoms with van der Waals surface area (Å²) in [5, 5.41) is 13.9. The van der Waals surface area contributed by atoms with Gasteiger partial charge in [-0.1, -0.05) is 18.9 Å². The molecular formula is C13H17NO3S. The first-order valence-corrected chi connectivity index (χ1v) is 7.09. The van der Waals surface area contributed by atoms with Gasteiger partial charge in [0.15, 0.2) is 0 Å². The Kier molecular flexibility index (Phi) is 4.36. The standard InChI is InChI=1S/C13H17NO3S/c15-12(8-9-4-3-7-18-9)14-11-6-2-1-5-10(11)13(16)17/h3-4,7,10-11H,1-2,5-6,8H2,(H,14,15)(H,16,17)/t10-,11-/m0/s1. The Morgan fingerprint density at radius 2 is 2.17 bits per heavy atom. The van der Waals surface area contributed by atoms with Crippen molar-refractivity contribution in [2.24, 2.45) is 5.92 Å². The van der Waals surface area contributed by atoms with E-state index in [0.717, 1.165) is 24.1 Å².